The number of hydrogen-bond acceptors (Lipinski definition) is 2. The molecule has 1 aromatic carbocycles. The average molecular weight is 280 g/mol. The highest BCUT2D eigenvalue weighted by atomic mass is 79.9. The molecule has 4 heteroatoms. The number of benzene rings is 1. The molecule has 0 bridgehead atoms. The summed E-state index contributed by atoms with van der Waals surface area (Å²) in [6.45, 7) is 4.18. The molecule has 16 heavy (non-hydrogen) atoms. The number of aromatic nitrogens is 2. The van der Waals surface area contributed by atoms with Gasteiger partial charge < -0.3 is 10.7 Å². The van der Waals surface area contributed by atoms with Gasteiger partial charge in [-0.25, -0.2) is 4.98 Å². The van der Waals surface area contributed by atoms with Crippen LogP contribution in [-0.4, -0.2) is 9.97 Å². The van der Waals surface area contributed by atoms with Crippen molar-refractivity contribution in [2.45, 2.75) is 19.9 Å². The average Bonchev–Trinajstić information content (AvgIpc) is 2.68. The lowest BCUT2D eigenvalue weighted by Gasteiger charge is -2.11. The van der Waals surface area contributed by atoms with Crippen LogP contribution < -0.4 is 5.73 Å². The number of rotatable bonds is 2. The Bertz CT molecular complexity index is 505. The molecule has 84 valence electrons. The summed E-state index contributed by atoms with van der Waals surface area (Å²) in [5, 5.41) is 0. The lowest BCUT2D eigenvalue weighted by molar-refractivity contribution is 0.798. The predicted octanol–water partition coefficient (Wildman–Crippen LogP) is 2.84. The zero-order chi connectivity index (χ0) is 11.7. The SMILES string of the molecule is Cc1ccc(C(N)c2ncc(Br)[nH]2)cc1C. The van der Waals surface area contributed by atoms with E-state index in [0.29, 0.717) is 0 Å². The molecule has 0 fully saturated rings. The maximum Gasteiger partial charge on any atom is 0.128 e. The quantitative estimate of drug-likeness (QED) is 0.888. The van der Waals surface area contributed by atoms with Gasteiger partial charge >= 0.3 is 0 Å². The summed E-state index contributed by atoms with van der Waals surface area (Å²) in [7, 11) is 0. The molecule has 3 N–H and O–H groups in total. The molecule has 3 nitrogen and oxygen atoms in total. The molecule has 1 atom stereocenters. The molecule has 0 aliphatic heterocycles. The molecule has 1 heterocycles. The van der Waals surface area contributed by atoms with Crippen LogP contribution >= 0.6 is 15.9 Å². The van der Waals surface area contributed by atoms with Crippen LogP contribution in [0.25, 0.3) is 0 Å². The summed E-state index contributed by atoms with van der Waals surface area (Å²) < 4.78 is 0.849. The van der Waals surface area contributed by atoms with E-state index >= 15 is 0 Å². The fraction of sp³-hybridized carbons (Fsp3) is 0.250. The van der Waals surface area contributed by atoms with Crippen LogP contribution in [0, 0.1) is 13.8 Å². The fourth-order valence-corrected chi connectivity index (χ4v) is 1.89. The minimum absolute atomic E-state index is 0.203. The minimum atomic E-state index is -0.203. The number of aromatic amines is 1. The highest BCUT2D eigenvalue weighted by Crippen LogP contribution is 2.20. The van der Waals surface area contributed by atoms with E-state index in [1.54, 1.807) is 6.20 Å². The third-order valence-electron chi connectivity index (χ3n) is 2.75. The van der Waals surface area contributed by atoms with Crippen LogP contribution in [0.3, 0.4) is 0 Å². The lowest BCUT2D eigenvalue weighted by Crippen LogP contribution is -2.13. The molecule has 0 aliphatic rings. The van der Waals surface area contributed by atoms with E-state index in [4.69, 9.17) is 5.73 Å². The van der Waals surface area contributed by atoms with Gasteiger partial charge in [0.15, 0.2) is 0 Å². The van der Waals surface area contributed by atoms with E-state index in [9.17, 15) is 0 Å². The predicted molar refractivity (Wildman–Crippen MR) is 68.2 cm³/mol. The number of H-pyrrole nitrogens is 1. The Balaban J connectivity index is 2.33. The summed E-state index contributed by atoms with van der Waals surface area (Å²) >= 11 is 3.33. The molecule has 0 aliphatic carbocycles. The standard InChI is InChI=1S/C12H14BrN3/c1-7-3-4-9(5-8(7)2)11(14)12-15-6-10(13)16-12/h3-6,11H,14H2,1-2H3,(H,15,16). The first-order valence-electron chi connectivity index (χ1n) is 5.11. The van der Waals surface area contributed by atoms with Crippen molar-refractivity contribution in [2.24, 2.45) is 5.73 Å². The number of imidazole rings is 1. The summed E-state index contributed by atoms with van der Waals surface area (Å²) in [6, 6.07) is 6.04. The molecule has 0 spiro atoms. The van der Waals surface area contributed by atoms with Crippen molar-refractivity contribution < 1.29 is 0 Å². The van der Waals surface area contributed by atoms with Crippen molar-refractivity contribution in [1.29, 1.82) is 0 Å². The van der Waals surface area contributed by atoms with Crippen LogP contribution in [0.4, 0.5) is 0 Å². The molecule has 1 aromatic heterocycles. The second-order valence-electron chi connectivity index (χ2n) is 3.94. The molecule has 0 saturated heterocycles. The van der Waals surface area contributed by atoms with E-state index in [-0.39, 0.29) is 6.04 Å². The summed E-state index contributed by atoms with van der Waals surface area (Å²) in [5.74, 6) is 0.773. The third-order valence-corrected chi connectivity index (χ3v) is 3.15. The van der Waals surface area contributed by atoms with E-state index in [1.807, 2.05) is 6.07 Å². The van der Waals surface area contributed by atoms with E-state index < -0.39 is 0 Å². The van der Waals surface area contributed by atoms with Crippen LogP contribution in [0.15, 0.2) is 29.0 Å². The summed E-state index contributed by atoms with van der Waals surface area (Å²) in [6.07, 6.45) is 1.72. The van der Waals surface area contributed by atoms with Crippen molar-refractivity contribution in [3.8, 4) is 0 Å². The first-order valence-corrected chi connectivity index (χ1v) is 5.90. The Hall–Kier alpha value is -1.13. The second-order valence-corrected chi connectivity index (χ2v) is 4.79. The largest absolute Gasteiger partial charge is 0.335 e. The number of nitrogens with two attached hydrogens (primary N) is 1. The Morgan fingerprint density at radius 3 is 2.62 bits per heavy atom. The van der Waals surface area contributed by atoms with E-state index in [0.717, 1.165) is 16.0 Å². The van der Waals surface area contributed by atoms with Crippen LogP contribution in [0.2, 0.25) is 0 Å². The van der Waals surface area contributed by atoms with Crippen LogP contribution in [-0.2, 0) is 0 Å². The van der Waals surface area contributed by atoms with Gasteiger partial charge in [-0.2, -0.15) is 0 Å². The van der Waals surface area contributed by atoms with Crippen molar-refractivity contribution >= 4 is 15.9 Å². The summed E-state index contributed by atoms with van der Waals surface area (Å²) in [5.41, 5.74) is 9.73. The smallest absolute Gasteiger partial charge is 0.128 e. The van der Waals surface area contributed by atoms with Gasteiger partial charge in [0.05, 0.1) is 12.2 Å². The topological polar surface area (TPSA) is 54.7 Å². The van der Waals surface area contributed by atoms with Crippen molar-refractivity contribution in [1.82, 2.24) is 9.97 Å². The minimum Gasteiger partial charge on any atom is -0.335 e. The van der Waals surface area contributed by atoms with Gasteiger partial charge in [0.1, 0.15) is 10.4 Å². The first kappa shape index (κ1) is 11.4. The van der Waals surface area contributed by atoms with Gasteiger partial charge in [0.2, 0.25) is 0 Å². The third kappa shape index (κ3) is 2.18. The monoisotopic (exact) mass is 279 g/mol. The zero-order valence-corrected chi connectivity index (χ0v) is 10.9. The van der Waals surface area contributed by atoms with Crippen molar-refractivity contribution in [2.75, 3.05) is 0 Å². The van der Waals surface area contributed by atoms with Crippen molar-refractivity contribution in [3.05, 3.63) is 51.5 Å². The van der Waals surface area contributed by atoms with Gasteiger partial charge in [-0.1, -0.05) is 18.2 Å². The van der Waals surface area contributed by atoms with E-state index in [1.165, 1.54) is 11.1 Å². The number of hydrogen-bond donors (Lipinski definition) is 2. The number of halogens is 1. The maximum absolute atomic E-state index is 6.13. The molecule has 2 rings (SSSR count). The first-order chi connectivity index (χ1) is 7.58. The molecular formula is C12H14BrN3. The van der Waals surface area contributed by atoms with Gasteiger partial charge in [0.25, 0.3) is 0 Å². The van der Waals surface area contributed by atoms with E-state index in [2.05, 4.69) is 51.9 Å². The molecule has 0 amide bonds. The molecule has 1 unspecified atom stereocenters. The van der Waals surface area contributed by atoms with Gasteiger partial charge in [0, 0.05) is 0 Å². The Morgan fingerprint density at radius 1 is 1.31 bits per heavy atom. The molecular weight excluding hydrogens is 266 g/mol. The highest BCUT2D eigenvalue weighted by molar-refractivity contribution is 9.10. The van der Waals surface area contributed by atoms with Gasteiger partial charge in [-0.05, 0) is 46.5 Å². The Morgan fingerprint density at radius 2 is 2.06 bits per heavy atom. The Labute approximate surface area is 103 Å². The fourth-order valence-electron chi connectivity index (χ4n) is 1.59. The normalized spacial score (nSPS) is 12.8. The maximum atomic E-state index is 6.13. The van der Waals surface area contributed by atoms with Crippen LogP contribution in [0.1, 0.15) is 28.6 Å². The number of nitrogens with one attached hydrogen (secondary N) is 1. The second kappa shape index (κ2) is 4.39. The zero-order valence-electron chi connectivity index (χ0n) is 9.29. The van der Waals surface area contributed by atoms with Gasteiger partial charge in [-0.3, -0.25) is 0 Å². The summed E-state index contributed by atoms with van der Waals surface area (Å²) in [4.78, 5) is 7.31. The Kier molecular flexibility index (Phi) is 3.12. The van der Waals surface area contributed by atoms with Crippen molar-refractivity contribution in [3.63, 3.8) is 0 Å². The molecule has 0 saturated carbocycles. The molecule has 0 radical (unpaired) electrons. The van der Waals surface area contributed by atoms with Crippen LogP contribution in [0.5, 0.6) is 0 Å². The number of nitrogens with zero attached hydrogens (tertiary/aromatic N) is 1. The number of aryl methyl sites for hydroxylation is 2. The molecule has 2 aromatic rings. The van der Waals surface area contributed by atoms with Gasteiger partial charge in [-0.15, -0.1) is 0 Å². The highest BCUT2D eigenvalue weighted by Gasteiger charge is 2.12. The lowest BCUT2D eigenvalue weighted by atomic mass is 10.0.